The van der Waals surface area contributed by atoms with E-state index in [1.54, 1.807) is 18.2 Å². The van der Waals surface area contributed by atoms with E-state index in [2.05, 4.69) is 21.2 Å². The van der Waals surface area contributed by atoms with Crippen LogP contribution in [0.25, 0.3) is 0 Å². The molecule has 11 heteroatoms. The Hall–Kier alpha value is -4.43. The number of piperazine rings is 1. The summed E-state index contributed by atoms with van der Waals surface area (Å²) in [5, 5.41) is 11.5. The fourth-order valence-electron chi connectivity index (χ4n) is 6.68. The quantitative estimate of drug-likeness (QED) is 0.368. The Labute approximate surface area is 251 Å². The number of carbonyl (C=O) groups is 4. The molecule has 4 amide bonds. The maximum absolute atomic E-state index is 13.5. The van der Waals surface area contributed by atoms with Crippen LogP contribution in [0.1, 0.15) is 53.6 Å². The molecule has 3 fully saturated rings. The van der Waals surface area contributed by atoms with Crippen molar-refractivity contribution in [1.29, 1.82) is 5.26 Å². The highest BCUT2D eigenvalue weighted by Crippen LogP contribution is 2.33. The van der Waals surface area contributed by atoms with Gasteiger partial charge in [-0.2, -0.15) is 5.26 Å². The summed E-state index contributed by atoms with van der Waals surface area (Å²) in [5.74, 6) is -0.130. The molecule has 0 radical (unpaired) electrons. The second kappa shape index (κ2) is 12.4. The number of benzene rings is 2. The van der Waals surface area contributed by atoms with Crippen molar-refractivity contribution >= 4 is 29.3 Å². The molecule has 2 atom stereocenters. The van der Waals surface area contributed by atoms with Crippen molar-refractivity contribution in [3.8, 4) is 11.8 Å². The lowest BCUT2D eigenvalue weighted by Gasteiger charge is -2.38. The Bertz CT molecular complexity index is 1460. The number of likely N-dealkylation sites (tertiary alicyclic amines) is 1. The summed E-state index contributed by atoms with van der Waals surface area (Å²) >= 11 is 0. The molecule has 0 aromatic heterocycles. The van der Waals surface area contributed by atoms with Gasteiger partial charge in [-0.1, -0.05) is 12.1 Å². The monoisotopic (exact) mass is 584 g/mol. The number of nitrogens with one attached hydrogen (secondary N) is 1. The SMILES string of the molecule is N#Cc1cccc(N2CCN(C(=O)C3CCCN3CCCOc3cccc4c3CN(C3CCC(=O)NC3=O)C4=O)CC2)c1. The van der Waals surface area contributed by atoms with Gasteiger partial charge in [0, 0.05) is 56.0 Å². The summed E-state index contributed by atoms with van der Waals surface area (Å²) in [6.45, 7) is 5.16. The highest BCUT2D eigenvalue weighted by molar-refractivity contribution is 6.05. The Kier molecular flexibility index (Phi) is 8.29. The Morgan fingerprint density at radius 1 is 1.02 bits per heavy atom. The molecule has 6 rings (SSSR count). The van der Waals surface area contributed by atoms with Gasteiger partial charge < -0.3 is 19.4 Å². The van der Waals surface area contributed by atoms with Gasteiger partial charge in [0.05, 0.1) is 30.8 Å². The Morgan fingerprint density at radius 2 is 1.84 bits per heavy atom. The molecule has 0 bridgehead atoms. The van der Waals surface area contributed by atoms with Gasteiger partial charge >= 0.3 is 0 Å². The van der Waals surface area contributed by atoms with Crippen molar-refractivity contribution in [3.05, 3.63) is 59.2 Å². The number of amides is 4. The normalized spacial score (nSPS) is 22.4. The summed E-state index contributed by atoms with van der Waals surface area (Å²) in [5.41, 5.74) is 2.96. The van der Waals surface area contributed by atoms with Crippen LogP contribution in [-0.2, 0) is 20.9 Å². The van der Waals surface area contributed by atoms with Crippen molar-refractivity contribution in [3.63, 3.8) is 0 Å². The molecular formula is C32H36N6O5. The molecule has 2 aromatic rings. The van der Waals surface area contributed by atoms with E-state index in [0.717, 1.165) is 56.7 Å². The molecule has 2 unspecified atom stereocenters. The number of anilines is 1. The van der Waals surface area contributed by atoms with Crippen LogP contribution in [0.5, 0.6) is 5.75 Å². The van der Waals surface area contributed by atoms with E-state index < -0.39 is 11.9 Å². The lowest BCUT2D eigenvalue weighted by atomic mass is 10.0. The van der Waals surface area contributed by atoms with E-state index in [-0.39, 0.29) is 36.7 Å². The average Bonchev–Trinajstić information content (AvgIpc) is 3.64. The highest BCUT2D eigenvalue weighted by Gasteiger charge is 2.40. The smallest absolute Gasteiger partial charge is 0.255 e. The van der Waals surface area contributed by atoms with Crippen LogP contribution in [0.3, 0.4) is 0 Å². The van der Waals surface area contributed by atoms with Crippen LogP contribution in [0.4, 0.5) is 5.69 Å². The maximum Gasteiger partial charge on any atom is 0.255 e. The third-order valence-corrected chi connectivity index (χ3v) is 8.97. The zero-order valence-corrected chi connectivity index (χ0v) is 24.2. The summed E-state index contributed by atoms with van der Waals surface area (Å²) < 4.78 is 6.14. The van der Waals surface area contributed by atoms with Gasteiger partial charge in [-0.05, 0) is 62.6 Å². The van der Waals surface area contributed by atoms with Crippen LogP contribution in [0, 0.1) is 11.3 Å². The first kappa shape index (κ1) is 28.7. The Balaban J connectivity index is 0.990. The molecule has 4 aliphatic rings. The zero-order valence-electron chi connectivity index (χ0n) is 24.2. The summed E-state index contributed by atoms with van der Waals surface area (Å²) in [7, 11) is 0. The number of piperidine rings is 1. The lowest BCUT2D eigenvalue weighted by Crippen LogP contribution is -2.53. The van der Waals surface area contributed by atoms with Crippen molar-refractivity contribution in [2.24, 2.45) is 0 Å². The molecule has 0 spiro atoms. The molecule has 224 valence electrons. The number of nitrogens with zero attached hydrogens (tertiary/aromatic N) is 5. The molecule has 0 saturated carbocycles. The molecule has 2 aromatic carbocycles. The third-order valence-electron chi connectivity index (χ3n) is 8.97. The molecule has 4 heterocycles. The Morgan fingerprint density at radius 3 is 2.63 bits per heavy atom. The number of carbonyl (C=O) groups excluding carboxylic acids is 4. The van der Waals surface area contributed by atoms with Crippen LogP contribution in [-0.4, -0.2) is 96.3 Å². The second-order valence-electron chi connectivity index (χ2n) is 11.6. The second-order valence-corrected chi connectivity index (χ2v) is 11.6. The van der Waals surface area contributed by atoms with Gasteiger partial charge in [0.1, 0.15) is 11.8 Å². The largest absolute Gasteiger partial charge is 0.493 e. The summed E-state index contributed by atoms with van der Waals surface area (Å²) in [6.07, 6.45) is 3.12. The molecular weight excluding hydrogens is 548 g/mol. The van der Waals surface area contributed by atoms with E-state index in [1.165, 1.54) is 4.90 Å². The number of ether oxygens (including phenoxy) is 1. The van der Waals surface area contributed by atoms with Gasteiger partial charge in [0.25, 0.3) is 5.91 Å². The van der Waals surface area contributed by atoms with E-state index in [9.17, 15) is 24.4 Å². The summed E-state index contributed by atoms with van der Waals surface area (Å²) in [6, 6.07) is 14.4. The molecule has 43 heavy (non-hydrogen) atoms. The van der Waals surface area contributed by atoms with Gasteiger partial charge in [0.2, 0.25) is 17.7 Å². The van der Waals surface area contributed by atoms with Crippen LogP contribution >= 0.6 is 0 Å². The van der Waals surface area contributed by atoms with E-state index >= 15 is 0 Å². The van der Waals surface area contributed by atoms with Gasteiger partial charge in [0.15, 0.2) is 0 Å². The van der Waals surface area contributed by atoms with Gasteiger partial charge in [-0.25, -0.2) is 0 Å². The number of nitriles is 1. The molecule has 1 N–H and O–H groups in total. The van der Waals surface area contributed by atoms with E-state index in [0.29, 0.717) is 43.0 Å². The number of hydrogen-bond acceptors (Lipinski definition) is 8. The first-order valence-electron chi connectivity index (χ1n) is 15.1. The van der Waals surface area contributed by atoms with Crippen molar-refractivity contribution in [2.45, 2.75) is 50.7 Å². The fraction of sp³-hybridized carbons (Fsp3) is 0.469. The van der Waals surface area contributed by atoms with Gasteiger partial charge in [-0.3, -0.25) is 29.4 Å². The minimum Gasteiger partial charge on any atom is -0.493 e. The van der Waals surface area contributed by atoms with Crippen molar-refractivity contribution < 1.29 is 23.9 Å². The van der Waals surface area contributed by atoms with Crippen molar-refractivity contribution in [1.82, 2.24) is 20.0 Å². The molecule has 0 aliphatic carbocycles. The average molecular weight is 585 g/mol. The van der Waals surface area contributed by atoms with Crippen LogP contribution < -0.4 is 15.0 Å². The molecule has 4 aliphatic heterocycles. The predicted molar refractivity (Wildman–Crippen MR) is 157 cm³/mol. The predicted octanol–water partition coefficient (Wildman–Crippen LogP) is 1.90. The molecule has 3 saturated heterocycles. The number of fused-ring (bicyclic) bond motifs is 1. The highest BCUT2D eigenvalue weighted by atomic mass is 16.5. The summed E-state index contributed by atoms with van der Waals surface area (Å²) in [4.78, 5) is 58.5. The number of imide groups is 1. The van der Waals surface area contributed by atoms with E-state index in [4.69, 9.17) is 4.74 Å². The standard InChI is InChI=1S/C32H36N6O5/c33-20-22-5-1-6-23(19-22)35-14-16-37(17-15-35)32(42)27-8-3-12-36(27)13-4-18-43-28-9-2-7-24-25(28)21-38(31(24)41)26-10-11-29(39)34-30(26)40/h1-2,5-7,9,19,26-27H,3-4,8,10-18,21H2,(H,34,39,40). The third kappa shape index (κ3) is 5.92. The molecule has 11 nitrogen and oxygen atoms in total. The minimum absolute atomic E-state index is 0.117. The first-order valence-corrected chi connectivity index (χ1v) is 15.1. The topological polar surface area (TPSA) is 126 Å². The lowest BCUT2D eigenvalue weighted by molar-refractivity contribution is -0.137. The van der Waals surface area contributed by atoms with Crippen molar-refractivity contribution in [2.75, 3.05) is 50.8 Å². The fourth-order valence-corrected chi connectivity index (χ4v) is 6.68. The van der Waals surface area contributed by atoms with Crippen LogP contribution in [0.2, 0.25) is 0 Å². The number of rotatable bonds is 8. The zero-order chi connectivity index (χ0) is 29.9. The minimum atomic E-state index is -0.659. The maximum atomic E-state index is 13.5. The van der Waals surface area contributed by atoms with E-state index in [1.807, 2.05) is 29.2 Å². The first-order chi connectivity index (χ1) is 20.9. The van der Waals surface area contributed by atoms with Crippen LogP contribution in [0.15, 0.2) is 42.5 Å². The van der Waals surface area contributed by atoms with Gasteiger partial charge in [-0.15, -0.1) is 0 Å². The number of hydrogen-bond donors (Lipinski definition) is 1.